The molecule has 1 amide bonds. The molecule has 0 spiro atoms. The fourth-order valence-corrected chi connectivity index (χ4v) is 2.89. The molecule has 0 atom stereocenters. The summed E-state index contributed by atoms with van der Waals surface area (Å²) in [5, 5.41) is 7.38. The number of nitrogens with zero attached hydrogens (tertiary/aromatic N) is 2. The van der Waals surface area contributed by atoms with Crippen molar-refractivity contribution in [3.63, 3.8) is 0 Å². The maximum atomic E-state index is 12.6. The van der Waals surface area contributed by atoms with E-state index in [1.165, 1.54) is 5.56 Å². The number of benzene rings is 2. The van der Waals surface area contributed by atoms with E-state index in [-0.39, 0.29) is 5.91 Å². The molecule has 0 fully saturated rings. The molecule has 1 aromatic heterocycles. The van der Waals surface area contributed by atoms with Crippen molar-refractivity contribution >= 4 is 5.91 Å². The van der Waals surface area contributed by atoms with Gasteiger partial charge in [-0.1, -0.05) is 42.8 Å². The maximum absolute atomic E-state index is 12.6. The van der Waals surface area contributed by atoms with Gasteiger partial charge >= 0.3 is 0 Å². The number of hydrogen-bond donors (Lipinski definition) is 1. The van der Waals surface area contributed by atoms with E-state index in [2.05, 4.69) is 10.4 Å². The molecule has 5 nitrogen and oxygen atoms in total. The lowest BCUT2D eigenvalue weighted by molar-refractivity contribution is 0.0950. The number of carbonyl (C=O) groups is 1. The molecule has 0 aliphatic carbocycles. The number of rotatable bonds is 8. The minimum Gasteiger partial charge on any atom is -0.494 e. The smallest absolute Gasteiger partial charge is 0.254 e. The minimum atomic E-state index is -0.0927. The van der Waals surface area contributed by atoms with Gasteiger partial charge in [0, 0.05) is 6.54 Å². The molecule has 1 N–H and O–H groups in total. The highest BCUT2D eigenvalue weighted by Gasteiger charge is 2.16. The molecule has 140 valence electrons. The monoisotopic (exact) mass is 363 g/mol. The topological polar surface area (TPSA) is 56.1 Å². The number of carbonyl (C=O) groups excluding carboxylic acids is 1. The van der Waals surface area contributed by atoms with Crippen LogP contribution in [0.15, 0.2) is 60.8 Å². The van der Waals surface area contributed by atoms with Crippen molar-refractivity contribution in [3.05, 3.63) is 77.6 Å². The summed E-state index contributed by atoms with van der Waals surface area (Å²) in [6.45, 7) is 5.21. The Morgan fingerprint density at radius 3 is 2.56 bits per heavy atom. The van der Waals surface area contributed by atoms with Crippen LogP contribution >= 0.6 is 0 Å². The zero-order valence-corrected chi connectivity index (χ0v) is 15.8. The minimum absolute atomic E-state index is 0.0927. The third-order valence-electron chi connectivity index (χ3n) is 4.35. The first-order valence-electron chi connectivity index (χ1n) is 9.29. The molecule has 3 rings (SSSR count). The zero-order chi connectivity index (χ0) is 19.1. The Morgan fingerprint density at radius 2 is 1.85 bits per heavy atom. The van der Waals surface area contributed by atoms with Crippen LogP contribution in [0.5, 0.6) is 5.75 Å². The van der Waals surface area contributed by atoms with Crippen molar-refractivity contribution in [1.29, 1.82) is 0 Å². The molecule has 0 radical (unpaired) electrons. The lowest BCUT2D eigenvalue weighted by atomic mass is 10.1. The van der Waals surface area contributed by atoms with Gasteiger partial charge < -0.3 is 10.1 Å². The standard InChI is InChI=1S/C22H25N3O2/c1-3-21-20(16-24-25(21)18-12-10-17(2)11-13-18)22(26)23-14-7-15-27-19-8-5-4-6-9-19/h4-6,8-13,16H,3,7,14-15H2,1-2H3,(H,23,26). The van der Waals surface area contributed by atoms with Crippen molar-refractivity contribution in [2.24, 2.45) is 0 Å². The van der Waals surface area contributed by atoms with Gasteiger partial charge in [0.05, 0.1) is 29.7 Å². The number of aryl methyl sites for hydroxylation is 1. The quantitative estimate of drug-likeness (QED) is 0.617. The van der Waals surface area contributed by atoms with E-state index in [1.807, 2.05) is 73.1 Å². The predicted molar refractivity (Wildman–Crippen MR) is 107 cm³/mol. The van der Waals surface area contributed by atoms with Crippen LogP contribution in [0, 0.1) is 6.92 Å². The summed E-state index contributed by atoms with van der Waals surface area (Å²) in [7, 11) is 0. The molecule has 3 aromatic rings. The molecule has 0 saturated carbocycles. The lowest BCUT2D eigenvalue weighted by Crippen LogP contribution is -2.26. The maximum Gasteiger partial charge on any atom is 0.254 e. The van der Waals surface area contributed by atoms with E-state index in [0.29, 0.717) is 18.7 Å². The number of amides is 1. The van der Waals surface area contributed by atoms with Crippen LogP contribution in [0.1, 0.15) is 35.0 Å². The molecular formula is C22H25N3O2. The molecule has 27 heavy (non-hydrogen) atoms. The molecule has 2 aromatic carbocycles. The van der Waals surface area contributed by atoms with E-state index >= 15 is 0 Å². The molecule has 5 heteroatoms. The highest BCUT2D eigenvalue weighted by atomic mass is 16.5. The number of hydrogen-bond acceptors (Lipinski definition) is 3. The van der Waals surface area contributed by atoms with Crippen molar-refractivity contribution in [1.82, 2.24) is 15.1 Å². The Balaban J connectivity index is 1.56. The van der Waals surface area contributed by atoms with Crippen LogP contribution in [-0.2, 0) is 6.42 Å². The lowest BCUT2D eigenvalue weighted by Gasteiger charge is -2.09. The molecule has 0 unspecified atom stereocenters. The Kier molecular flexibility index (Phi) is 6.26. The second-order valence-corrected chi connectivity index (χ2v) is 6.38. The summed E-state index contributed by atoms with van der Waals surface area (Å²) in [6.07, 6.45) is 3.12. The van der Waals surface area contributed by atoms with Crippen LogP contribution in [0.2, 0.25) is 0 Å². The highest BCUT2D eigenvalue weighted by molar-refractivity contribution is 5.95. The van der Waals surface area contributed by atoms with Crippen LogP contribution < -0.4 is 10.1 Å². The highest BCUT2D eigenvalue weighted by Crippen LogP contribution is 2.16. The number of para-hydroxylation sites is 1. The van der Waals surface area contributed by atoms with Crippen molar-refractivity contribution in [2.45, 2.75) is 26.7 Å². The fraction of sp³-hybridized carbons (Fsp3) is 0.273. The van der Waals surface area contributed by atoms with Gasteiger partial charge in [-0.25, -0.2) is 4.68 Å². The summed E-state index contributed by atoms with van der Waals surface area (Å²) >= 11 is 0. The van der Waals surface area contributed by atoms with E-state index in [0.717, 1.165) is 30.0 Å². The second kappa shape index (κ2) is 9.03. The van der Waals surface area contributed by atoms with E-state index in [4.69, 9.17) is 4.74 Å². The number of nitrogens with one attached hydrogen (secondary N) is 1. The van der Waals surface area contributed by atoms with Gasteiger partial charge in [0.25, 0.3) is 5.91 Å². The van der Waals surface area contributed by atoms with Gasteiger partial charge in [-0.05, 0) is 44.0 Å². The summed E-state index contributed by atoms with van der Waals surface area (Å²) in [5.41, 5.74) is 3.70. The molecule has 0 saturated heterocycles. The van der Waals surface area contributed by atoms with Crippen LogP contribution in [-0.4, -0.2) is 28.8 Å². The molecule has 1 heterocycles. The summed E-state index contributed by atoms with van der Waals surface area (Å²) in [4.78, 5) is 12.6. The molecular weight excluding hydrogens is 338 g/mol. The van der Waals surface area contributed by atoms with Gasteiger partial charge in [0.15, 0.2) is 0 Å². The molecule has 0 aliphatic rings. The SMILES string of the molecule is CCc1c(C(=O)NCCCOc2ccccc2)cnn1-c1ccc(C)cc1. The predicted octanol–water partition coefficient (Wildman–Crippen LogP) is 3.94. The van der Waals surface area contributed by atoms with E-state index in [1.54, 1.807) is 6.20 Å². The van der Waals surface area contributed by atoms with Gasteiger partial charge in [-0.2, -0.15) is 5.10 Å². The van der Waals surface area contributed by atoms with E-state index in [9.17, 15) is 4.79 Å². The first-order valence-corrected chi connectivity index (χ1v) is 9.29. The van der Waals surface area contributed by atoms with E-state index < -0.39 is 0 Å². The normalized spacial score (nSPS) is 10.6. The van der Waals surface area contributed by atoms with Crippen LogP contribution in [0.4, 0.5) is 0 Å². The summed E-state index contributed by atoms with van der Waals surface area (Å²) < 4.78 is 7.48. The van der Waals surface area contributed by atoms with Crippen molar-refractivity contribution in [2.75, 3.05) is 13.2 Å². The van der Waals surface area contributed by atoms with Crippen LogP contribution in [0.3, 0.4) is 0 Å². The van der Waals surface area contributed by atoms with Gasteiger partial charge in [-0.15, -0.1) is 0 Å². The third-order valence-corrected chi connectivity index (χ3v) is 4.35. The fourth-order valence-electron chi connectivity index (χ4n) is 2.89. The van der Waals surface area contributed by atoms with Crippen molar-refractivity contribution < 1.29 is 9.53 Å². The number of ether oxygens (including phenoxy) is 1. The summed E-state index contributed by atoms with van der Waals surface area (Å²) in [5.74, 6) is 0.751. The first-order chi connectivity index (χ1) is 13.2. The van der Waals surface area contributed by atoms with Crippen molar-refractivity contribution in [3.8, 4) is 11.4 Å². The second-order valence-electron chi connectivity index (χ2n) is 6.38. The average Bonchev–Trinajstić information content (AvgIpc) is 3.13. The zero-order valence-electron chi connectivity index (χ0n) is 15.8. The Morgan fingerprint density at radius 1 is 1.11 bits per heavy atom. The Labute approximate surface area is 160 Å². The summed E-state index contributed by atoms with van der Waals surface area (Å²) in [6, 6.07) is 17.8. The van der Waals surface area contributed by atoms with Gasteiger partial charge in [-0.3, -0.25) is 4.79 Å². The molecule has 0 bridgehead atoms. The Bertz CT molecular complexity index is 870. The first kappa shape index (κ1) is 18.7. The van der Waals surface area contributed by atoms with Gasteiger partial charge in [0.2, 0.25) is 0 Å². The molecule has 0 aliphatic heterocycles. The van der Waals surface area contributed by atoms with Crippen LogP contribution in [0.25, 0.3) is 5.69 Å². The largest absolute Gasteiger partial charge is 0.494 e. The Hall–Kier alpha value is -3.08. The third kappa shape index (κ3) is 4.76. The van der Waals surface area contributed by atoms with Gasteiger partial charge in [0.1, 0.15) is 5.75 Å². The number of aromatic nitrogens is 2. The average molecular weight is 363 g/mol.